The molecule has 0 fully saturated rings. The zero-order chi connectivity index (χ0) is 15.3. The predicted molar refractivity (Wildman–Crippen MR) is 68.8 cm³/mol. The number of nitro groups is 1. The Balaban J connectivity index is 3.02. The molecule has 1 amide bonds. The van der Waals surface area contributed by atoms with Gasteiger partial charge >= 0.3 is 11.7 Å². The smallest absolute Gasteiger partial charge is 0.325 e. The minimum atomic E-state index is -1.20. The predicted octanol–water partition coefficient (Wildman–Crippen LogP) is 1.20. The van der Waals surface area contributed by atoms with Crippen LogP contribution >= 0.6 is 0 Å². The van der Waals surface area contributed by atoms with E-state index in [4.69, 9.17) is 9.84 Å². The number of carbonyl (C=O) groups is 2. The van der Waals surface area contributed by atoms with Gasteiger partial charge in [0.25, 0.3) is 5.91 Å². The molecule has 0 saturated heterocycles. The monoisotopic (exact) mass is 282 g/mol. The second kappa shape index (κ2) is 6.50. The van der Waals surface area contributed by atoms with E-state index in [9.17, 15) is 19.7 Å². The fourth-order valence-electron chi connectivity index (χ4n) is 1.42. The summed E-state index contributed by atoms with van der Waals surface area (Å²) in [4.78, 5) is 32.6. The first kappa shape index (κ1) is 15.4. The highest BCUT2D eigenvalue weighted by molar-refractivity contribution is 5.97. The lowest BCUT2D eigenvalue weighted by Crippen LogP contribution is -2.38. The maximum Gasteiger partial charge on any atom is 0.325 e. The van der Waals surface area contributed by atoms with Crippen LogP contribution in [0.25, 0.3) is 0 Å². The van der Waals surface area contributed by atoms with Gasteiger partial charge in [0, 0.05) is 11.6 Å². The third-order valence-electron chi connectivity index (χ3n) is 2.44. The Bertz CT molecular complexity index is 543. The van der Waals surface area contributed by atoms with Crippen LogP contribution in [-0.4, -0.2) is 34.6 Å². The Morgan fingerprint density at radius 1 is 1.50 bits per heavy atom. The van der Waals surface area contributed by atoms with Gasteiger partial charge in [-0.25, -0.2) is 0 Å². The maximum atomic E-state index is 11.8. The normalized spacial score (nSPS) is 11.5. The summed E-state index contributed by atoms with van der Waals surface area (Å²) in [6.07, 6.45) is 0. The van der Waals surface area contributed by atoms with E-state index < -0.39 is 22.8 Å². The zero-order valence-corrected chi connectivity index (χ0v) is 11.0. The molecule has 8 nitrogen and oxygen atoms in total. The van der Waals surface area contributed by atoms with Crippen molar-refractivity contribution in [3.8, 4) is 5.75 Å². The van der Waals surface area contributed by atoms with Crippen LogP contribution < -0.4 is 10.1 Å². The van der Waals surface area contributed by atoms with Crippen molar-refractivity contribution in [3.63, 3.8) is 0 Å². The Kier molecular flexibility index (Phi) is 5.01. The molecular formula is C12H14N2O6. The van der Waals surface area contributed by atoms with E-state index in [2.05, 4.69) is 5.32 Å². The molecular weight excluding hydrogens is 268 g/mol. The van der Waals surface area contributed by atoms with E-state index in [1.165, 1.54) is 19.1 Å². The lowest BCUT2D eigenvalue weighted by molar-refractivity contribution is -0.385. The van der Waals surface area contributed by atoms with Gasteiger partial charge in [-0.3, -0.25) is 19.7 Å². The fraction of sp³-hybridized carbons (Fsp3) is 0.333. The van der Waals surface area contributed by atoms with Crippen molar-refractivity contribution < 1.29 is 24.4 Å². The summed E-state index contributed by atoms with van der Waals surface area (Å²) in [6.45, 7) is 3.23. The van der Waals surface area contributed by atoms with Gasteiger partial charge in [-0.2, -0.15) is 0 Å². The minimum Gasteiger partial charge on any atom is -0.487 e. The molecule has 0 heterocycles. The van der Waals surface area contributed by atoms with E-state index >= 15 is 0 Å². The van der Waals surface area contributed by atoms with Crippen LogP contribution in [0.15, 0.2) is 18.2 Å². The van der Waals surface area contributed by atoms with E-state index in [-0.39, 0.29) is 23.6 Å². The van der Waals surface area contributed by atoms with Crippen LogP contribution in [0.5, 0.6) is 5.75 Å². The lowest BCUT2D eigenvalue weighted by atomic mass is 10.1. The zero-order valence-electron chi connectivity index (χ0n) is 11.0. The molecule has 0 radical (unpaired) electrons. The van der Waals surface area contributed by atoms with Crippen LogP contribution in [0.3, 0.4) is 0 Å². The number of rotatable bonds is 6. The summed E-state index contributed by atoms with van der Waals surface area (Å²) in [5, 5.41) is 21.8. The summed E-state index contributed by atoms with van der Waals surface area (Å²) in [5.74, 6) is -1.84. The summed E-state index contributed by atoms with van der Waals surface area (Å²) < 4.78 is 5.08. The number of ether oxygens (including phenoxy) is 1. The number of benzene rings is 1. The van der Waals surface area contributed by atoms with Crippen molar-refractivity contribution >= 4 is 17.6 Å². The molecule has 0 aliphatic rings. The number of nitro benzene ring substituents is 1. The molecule has 8 heteroatoms. The number of carboxylic acids is 1. The van der Waals surface area contributed by atoms with Crippen LogP contribution in [-0.2, 0) is 4.79 Å². The SMILES string of the molecule is CCOc1ccc(C(=O)NC(C)C(=O)O)cc1[N+](=O)[O-]. The summed E-state index contributed by atoms with van der Waals surface area (Å²) in [6, 6.07) is 2.60. The average molecular weight is 282 g/mol. The topological polar surface area (TPSA) is 119 Å². The van der Waals surface area contributed by atoms with Gasteiger partial charge in [0.05, 0.1) is 11.5 Å². The van der Waals surface area contributed by atoms with Gasteiger partial charge in [-0.15, -0.1) is 0 Å². The third-order valence-corrected chi connectivity index (χ3v) is 2.44. The van der Waals surface area contributed by atoms with Gasteiger partial charge in [0.2, 0.25) is 0 Å². The highest BCUT2D eigenvalue weighted by atomic mass is 16.6. The number of carbonyl (C=O) groups excluding carboxylic acids is 1. The van der Waals surface area contributed by atoms with Crippen molar-refractivity contribution in [3.05, 3.63) is 33.9 Å². The van der Waals surface area contributed by atoms with Crippen LogP contribution in [0.4, 0.5) is 5.69 Å². The number of nitrogens with one attached hydrogen (secondary N) is 1. The largest absolute Gasteiger partial charge is 0.487 e. The Hall–Kier alpha value is -2.64. The maximum absolute atomic E-state index is 11.8. The minimum absolute atomic E-state index is 0.00625. The van der Waals surface area contributed by atoms with Gasteiger partial charge < -0.3 is 15.2 Å². The molecule has 1 atom stereocenters. The van der Waals surface area contributed by atoms with E-state index in [1.54, 1.807) is 6.92 Å². The van der Waals surface area contributed by atoms with E-state index in [0.717, 1.165) is 6.07 Å². The number of hydrogen-bond acceptors (Lipinski definition) is 5. The standard InChI is InChI=1S/C12H14N2O6/c1-3-20-10-5-4-8(6-9(10)14(18)19)11(15)13-7(2)12(16)17/h4-7H,3H2,1-2H3,(H,13,15)(H,16,17). The number of nitrogens with zero attached hydrogens (tertiary/aromatic N) is 1. The second-order valence-electron chi connectivity index (χ2n) is 3.91. The number of hydrogen-bond donors (Lipinski definition) is 2. The molecule has 108 valence electrons. The molecule has 1 aromatic rings. The molecule has 0 aliphatic carbocycles. The molecule has 0 spiro atoms. The van der Waals surface area contributed by atoms with Crippen molar-refractivity contribution in [2.45, 2.75) is 19.9 Å². The molecule has 0 aliphatic heterocycles. The first-order valence-electron chi connectivity index (χ1n) is 5.81. The van der Waals surface area contributed by atoms with Gasteiger partial charge in [0.1, 0.15) is 6.04 Å². The average Bonchev–Trinajstić information content (AvgIpc) is 2.38. The second-order valence-corrected chi connectivity index (χ2v) is 3.91. The van der Waals surface area contributed by atoms with Crippen LogP contribution in [0, 0.1) is 10.1 Å². The molecule has 2 N–H and O–H groups in total. The Morgan fingerprint density at radius 3 is 2.65 bits per heavy atom. The molecule has 1 unspecified atom stereocenters. The van der Waals surface area contributed by atoms with Crippen molar-refractivity contribution in [1.82, 2.24) is 5.32 Å². The Morgan fingerprint density at radius 2 is 2.15 bits per heavy atom. The van der Waals surface area contributed by atoms with E-state index in [1.807, 2.05) is 0 Å². The van der Waals surface area contributed by atoms with Gasteiger partial charge in [0.15, 0.2) is 5.75 Å². The fourth-order valence-corrected chi connectivity index (χ4v) is 1.42. The lowest BCUT2D eigenvalue weighted by Gasteiger charge is -2.10. The summed E-state index contributed by atoms with van der Waals surface area (Å²) in [7, 11) is 0. The van der Waals surface area contributed by atoms with Crippen molar-refractivity contribution in [2.24, 2.45) is 0 Å². The molecule has 0 aromatic heterocycles. The number of amides is 1. The molecule has 0 bridgehead atoms. The van der Waals surface area contributed by atoms with Crippen LogP contribution in [0.1, 0.15) is 24.2 Å². The van der Waals surface area contributed by atoms with Gasteiger partial charge in [-0.1, -0.05) is 0 Å². The molecule has 1 aromatic carbocycles. The van der Waals surface area contributed by atoms with E-state index in [0.29, 0.717) is 0 Å². The molecule has 20 heavy (non-hydrogen) atoms. The first-order valence-corrected chi connectivity index (χ1v) is 5.81. The molecule has 0 saturated carbocycles. The quantitative estimate of drug-likeness (QED) is 0.597. The molecule has 1 rings (SSSR count). The highest BCUT2D eigenvalue weighted by Crippen LogP contribution is 2.27. The number of aliphatic carboxylic acids is 1. The van der Waals surface area contributed by atoms with Crippen LogP contribution in [0.2, 0.25) is 0 Å². The Labute approximate surface area is 114 Å². The first-order chi connectivity index (χ1) is 9.36. The summed E-state index contributed by atoms with van der Waals surface area (Å²) >= 11 is 0. The summed E-state index contributed by atoms with van der Waals surface area (Å²) in [5.41, 5.74) is -0.351. The number of carboxylic acid groups (broad SMARTS) is 1. The van der Waals surface area contributed by atoms with Gasteiger partial charge in [-0.05, 0) is 26.0 Å². The van der Waals surface area contributed by atoms with Crippen molar-refractivity contribution in [2.75, 3.05) is 6.61 Å². The third kappa shape index (κ3) is 3.67. The highest BCUT2D eigenvalue weighted by Gasteiger charge is 2.20. The van der Waals surface area contributed by atoms with Crippen molar-refractivity contribution in [1.29, 1.82) is 0 Å².